The van der Waals surface area contributed by atoms with E-state index < -0.39 is 40.4 Å². The van der Waals surface area contributed by atoms with Gasteiger partial charge >= 0.3 is 5.97 Å². The van der Waals surface area contributed by atoms with Crippen molar-refractivity contribution in [3.8, 4) is 5.69 Å². The number of carbonyl (C=O) groups is 1. The largest absolute Gasteiger partial charge is 0.479 e. The number of aromatic nitrogens is 3. The highest BCUT2D eigenvalue weighted by Gasteiger charge is 2.47. The molecule has 2 heterocycles. The number of nitrogens with one attached hydrogen (secondary N) is 1. The van der Waals surface area contributed by atoms with Crippen molar-refractivity contribution in [3.63, 3.8) is 0 Å². The van der Waals surface area contributed by atoms with E-state index in [4.69, 9.17) is 4.74 Å². The molecule has 1 aliphatic rings. The summed E-state index contributed by atoms with van der Waals surface area (Å²) in [5.41, 5.74) is -0.777. The fourth-order valence-electron chi connectivity index (χ4n) is 5.68. The van der Waals surface area contributed by atoms with Crippen LogP contribution in [-0.4, -0.2) is 50.3 Å². The lowest BCUT2D eigenvalue weighted by molar-refractivity contribution is -0.157. The molecule has 0 saturated heterocycles. The van der Waals surface area contributed by atoms with Crippen LogP contribution in [0.5, 0.6) is 0 Å². The van der Waals surface area contributed by atoms with Gasteiger partial charge in [-0.15, -0.1) is 0 Å². The Morgan fingerprint density at radius 1 is 1.28 bits per heavy atom. The molecule has 4 aromatic rings. The SMILES string of the molecule is COCC(C)(C)c1c([C@@H]2CC[C@@](O)(C(=O)O)C2)c2c(F)c3[nH]ncc3cc2n1-c1ccc(F)c(F)c1. The second kappa shape index (κ2) is 8.35. The number of halogens is 3. The molecule has 0 unspecified atom stereocenters. The Morgan fingerprint density at radius 3 is 2.67 bits per heavy atom. The number of benzene rings is 2. The number of rotatable bonds is 6. The van der Waals surface area contributed by atoms with Crippen molar-refractivity contribution in [2.75, 3.05) is 13.7 Å². The summed E-state index contributed by atoms with van der Waals surface area (Å²) in [4.78, 5) is 11.8. The average Bonchev–Trinajstić information content (AvgIpc) is 3.52. The number of aliphatic hydroxyl groups is 1. The second-order valence-electron chi connectivity index (χ2n) is 10.2. The molecule has 5 rings (SSSR count). The van der Waals surface area contributed by atoms with Crippen molar-refractivity contribution in [3.05, 3.63) is 59.2 Å². The van der Waals surface area contributed by atoms with Crippen molar-refractivity contribution >= 4 is 27.8 Å². The monoisotopic (exact) mass is 501 g/mol. The van der Waals surface area contributed by atoms with Gasteiger partial charge in [-0.1, -0.05) is 13.8 Å². The Balaban J connectivity index is 1.93. The van der Waals surface area contributed by atoms with Crippen molar-refractivity contribution < 1.29 is 32.9 Å². The van der Waals surface area contributed by atoms with E-state index in [1.54, 1.807) is 10.6 Å². The number of fused-ring (bicyclic) bond motifs is 2. The van der Waals surface area contributed by atoms with Crippen LogP contribution in [0.1, 0.15) is 50.3 Å². The van der Waals surface area contributed by atoms with Crippen LogP contribution in [0.2, 0.25) is 0 Å². The zero-order valence-electron chi connectivity index (χ0n) is 20.0. The molecule has 2 atom stereocenters. The van der Waals surface area contributed by atoms with Crippen LogP contribution >= 0.6 is 0 Å². The van der Waals surface area contributed by atoms with E-state index in [1.165, 1.54) is 19.4 Å². The lowest BCUT2D eigenvalue weighted by Gasteiger charge is -2.29. The molecule has 190 valence electrons. The third-order valence-electron chi connectivity index (χ3n) is 7.25. The molecule has 0 amide bonds. The maximum atomic E-state index is 16.2. The molecule has 0 radical (unpaired) electrons. The topological polar surface area (TPSA) is 100 Å². The maximum absolute atomic E-state index is 16.2. The lowest BCUT2D eigenvalue weighted by Crippen LogP contribution is -2.35. The van der Waals surface area contributed by atoms with Gasteiger partial charge in [0.2, 0.25) is 0 Å². The van der Waals surface area contributed by atoms with E-state index in [2.05, 4.69) is 10.2 Å². The highest BCUT2D eigenvalue weighted by molar-refractivity contribution is 6.00. The molecule has 10 heteroatoms. The zero-order chi connectivity index (χ0) is 26.0. The normalized spacial score (nSPS) is 20.6. The van der Waals surface area contributed by atoms with Gasteiger partial charge in [-0.25, -0.2) is 18.0 Å². The third-order valence-corrected chi connectivity index (χ3v) is 7.25. The molecule has 3 N–H and O–H groups in total. The van der Waals surface area contributed by atoms with Gasteiger partial charge in [-0.3, -0.25) is 5.10 Å². The Labute approximate surface area is 204 Å². The van der Waals surface area contributed by atoms with E-state index in [0.29, 0.717) is 28.6 Å². The van der Waals surface area contributed by atoms with E-state index >= 15 is 4.39 Å². The maximum Gasteiger partial charge on any atom is 0.335 e. The summed E-state index contributed by atoms with van der Waals surface area (Å²) < 4.78 is 51.6. The van der Waals surface area contributed by atoms with E-state index in [9.17, 15) is 23.8 Å². The predicted molar refractivity (Wildman–Crippen MR) is 127 cm³/mol. The summed E-state index contributed by atoms with van der Waals surface area (Å²) in [7, 11) is 1.53. The number of nitrogens with zero attached hydrogens (tertiary/aromatic N) is 2. The number of carboxylic acid groups (broad SMARTS) is 1. The van der Waals surface area contributed by atoms with Crippen molar-refractivity contribution in [1.29, 1.82) is 0 Å². The number of carboxylic acids is 1. The van der Waals surface area contributed by atoms with E-state index in [-0.39, 0.29) is 36.0 Å². The molecule has 1 saturated carbocycles. The van der Waals surface area contributed by atoms with Gasteiger partial charge < -0.3 is 19.5 Å². The number of ether oxygens (including phenoxy) is 1. The fourth-order valence-corrected chi connectivity index (χ4v) is 5.68. The first-order valence-corrected chi connectivity index (χ1v) is 11.6. The molecule has 36 heavy (non-hydrogen) atoms. The first-order chi connectivity index (χ1) is 17.0. The summed E-state index contributed by atoms with van der Waals surface area (Å²) >= 11 is 0. The minimum absolute atomic E-state index is 0.00289. The highest BCUT2D eigenvalue weighted by Crippen LogP contribution is 2.50. The van der Waals surface area contributed by atoms with Gasteiger partial charge in [0.15, 0.2) is 23.1 Å². The van der Waals surface area contributed by atoms with Gasteiger partial charge in [-0.2, -0.15) is 5.10 Å². The minimum Gasteiger partial charge on any atom is -0.479 e. The van der Waals surface area contributed by atoms with Crippen LogP contribution in [0.4, 0.5) is 13.2 Å². The Kier molecular flexibility index (Phi) is 5.64. The Morgan fingerprint density at radius 2 is 2.03 bits per heavy atom. The Hall–Kier alpha value is -3.37. The molecular formula is C26H26F3N3O4. The molecule has 2 aromatic heterocycles. The predicted octanol–water partition coefficient (Wildman–Crippen LogP) is 4.93. The highest BCUT2D eigenvalue weighted by atomic mass is 19.2. The molecule has 7 nitrogen and oxygen atoms in total. The second-order valence-corrected chi connectivity index (χ2v) is 10.2. The van der Waals surface area contributed by atoms with Crippen LogP contribution in [0.15, 0.2) is 30.5 Å². The van der Waals surface area contributed by atoms with Crippen LogP contribution in [-0.2, 0) is 14.9 Å². The summed E-state index contributed by atoms with van der Waals surface area (Å²) in [6.07, 6.45) is 1.66. The van der Waals surface area contributed by atoms with E-state index in [1.807, 2.05) is 13.8 Å². The molecule has 2 aromatic carbocycles. The average molecular weight is 502 g/mol. The molecule has 0 bridgehead atoms. The molecule has 1 fully saturated rings. The molecular weight excluding hydrogens is 475 g/mol. The van der Waals surface area contributed by atoms with Crippen LogP contribution in [0.25, 0.3) is 27.5 Å². The van der Waals surface area contributed by atoms with Crippen molar-refractivity contribution in [1.82, 2.24) is 14.8 Å². The van der Waals surface area contributed by atoms with Crippen LogP contribution in [0.3, 0.4) is 0 Å². The van der Waals surface area contributed by atoms with Crippen molar-refractivity contribution in [2.24, 2.45) is 0 Å². The standard InChI is InChI=1S/C26H26F3N3O4/c1-25(2,12-36-3)23-19(13-6-7-26(35,10-13)24(33)34)20-18(8-14-11-30-31-22(14)21(20)29)32(23)15-4-5-16(27)17(28)9-15/h4-5,8-9,11,13,35H,6-7,10,12H2,1-3H3,(H,30,31)(H,33,34)/t13-,26+/m1/s1. The fraction of sp³-hybridized carbons (Fsp3) is 0.385. The number of aromatic amines is 1. The summed E-state index contributed by atoms with van der Waals surface area (Å²) in [6, 6.07) is 5.18. The quantitative estimate of drug-likeness (QED) is 0.348. The first kappa shape index (κ1) is 24.3. The number of hydrogen-bond donors (Lipinski definition) is 3. The summed E-state index contributed by atoms with van der Waals surface area (Å²) in [6.45, 7) is 3.97. The van der Waals surface area contributed by atoms with Gasteiger partial charge in [0.25, 0.3) is 0 Å². The lowest BCUT2D eigenvalue weighted by atomic mass is 9.81. The van der Waals surface area contributed by atoms with Gasteiger partial charge in [0.05, 0.1) is 18.3 Å². The molecule has 1 aliphatic carbocycles. The molecule has 0 aliphatic heterocycles. The van der Waals surface area contributed by atoms with Gasteiger partial charge in [0, 0.05) is 40.7 Å². The zero-order valence-corrected chi connectivity index (χ0v) is 20.0. The minimum atomic E-state index is -1.95. The van der Waals surface area contributed by atoms with E-state index in [0.717, 1.165) is 12.1 Å². The van der Waals surface area contributed by atoms with Crippen LogP contribution < -0.4 is 0 Å². The number of methoxy groups -OCH3 is 1. The first-order valence-electron chi connectivity index (χ1n) is 11.6. The third kappa shape index (κ3) is 3.58. The van der Waals surface area contributed by atoms with Crippen LogP contribution in [0, 0.1) is 17.5 Å². The number of hydrogen-bond acceptors (Lipinski definition) is 4. The smallest absolute Gasteiger partial charge is 0.335 e. The summed E-state index contributed by atoms with van der Waals surface area (Å²) in [5.74, 6) is -4.50. The number of H-pyrrole nitrogens is 1. The molecule has 0 spiro atoms. The van der Waals surface area contributed by atoms with Crippen molar-refractivity contribution in [2.45, 2.75) is 50.0 Å². The summed E-state index contributed by atoms with van der Waals surface area (Å²) in [5, 5.41) is 27.7. The van der Waals surface area contributed by atoms with Gasteiger partial charge in [-0.05, 0) is 48.9 Å². The Bertz CT molecular complexity index is 1510. The van der Waals surface area contributed by atoms with Gasteiger partial charge in [0.1, 0.15) is 5.52 Å². The number of aliphatic carboxylic acids is 1.